The highest BCUT2D eigenvalue weighted by Crippen LogP contribution is 2.14. The van der Waals surface area contributed by atoms with E-state index in [4.69, 9.17) is 5.11 Å². The number of nitrogens with zero attached hydrogens (tertiary/aromatic N) is 1. The van der Waals surface area contributed by atoms with Crippen LogP contribution in [0, 0.1) is 10.1 Å². The molecular weight excluding hydrogens is 262 g/mol. The zero-order chi connectivity index (χ0) is 15.0. The van der Waals surface area contributed by atoms with Crippen LogP contribution in [0.2, 0.25) is 0 Å². The van der Waals surface area contributed by atoms with E-state index < -0.39 is 4.92 Å². The van der Waals surface area contributed by atoms with Gasteiger partial charge in [-0.15, -0.1) is 0 Å². The first-order valence-corrected chi connectivity index (χ1v) is 5.51. The van der Waals surface area contributed by atoms with Gasteiger partial charge in [-0.25, -0.2) is 0 Å². The number of aldehydes is 2. The van der Waals surface area contributed by atoms with Crippen molar-refractivity contribution in [3.8, 4) is 5.75 Å². The largest absolute Gasteiger partial charge is 0.508 e. The van der Waals surface area contributed by atoms with Gasteiger partial charge in [0.15, 0.2) is 6.29 Å². The van der Waals surface area contributed by atoms with Crippen LogP contribution in [0.4, 0.5) is 5.69 Å². The van der Waals surface area contributed by atoms with Crippen LogP contribution in [-0.4, -0.2) is 22.6 Å². The maximum absolute atomic E-state index is 10.2. The number of carbonyl (C=O) groups excluding carboxylic acids is 2. The third-order valence-electron chi connectivity index (χ3n) is 2.27. The average Bonchev–Trinajstić information content (AvgIpc) is 2.47. The predicted molar refractivity (Wildman–Crippen MR) is 72.0 cm³/mol. The molecule has 0 aromatic heterocycles. The van der Waals surface area contributed by atoms with Crippen LogP contribution in [0.25, 0.3) is 0 Å². The van der Waals surface area contributed by atoms with E-state index in [1.54, 1.807) is 18.2 Å². The summed E-state index contributed by atoms with van der Waals surface area (Å²) in [6, 6.07) is 12.0. The van der Waals surface area contributed by atoms with Crippen LogP contribution in [0.3, 0.4) is 0 Å². The minimum Gasteiger partial charge on any atom is -0.508 e. The molecule has 6 heteroatoms. The number of phenols is 1. The van der Waals surface area contributed by atoms with E-state index in [0.717, 1.165) is 0 Å². The first-order valence-electron chi connectivity index (χ1n) is 5.51. The van der Waals surface area contributed by atoms with Gasteiger partial charge >= 0.3 is 0 Å². The molecule has 2 aromatic carbocycles. The van der Waals surface area contributed by atoms with Gasteiger partial charge in [-0.1, -0.05) is 24.3 Å². The van der Waals surface area contributed by atoms with Crippen molar-refractivity contribution < 1.29 is 19.6 Å². The van der Waals surface area contributed by atoms with E-state index in [2.05, 4.69) is 0 Å². The van der Waals surface area contributed by atoms with Gasteiger partial charge in [-0.05, 0) is 18.2 Å². The van der Waals surface area contributed by atoms with Crippen molar-refractivity contribution in [2.45, 2.75) is 0 Å². The molecule has 2 rings (SSSR count). The smallest absolute Gasteiger partial charge is 0.279 e. The lowest BCUT2D eigenvalue weighted by atomic mass is 10.2. The van der Waals surface area contributed by atoms with Gasteiger partial charge in [0.1, 0.15) is 12.0 Å². The molecule has 0 bridgehead atoms. The second kappa shape index (κ2) is 7.42. The number of hydrogen-bond acceptors (Lipinski definition) is 5. The number of phenolic OH excluding ortho intramolecular Hbond substituents is 1. The quantitative estimate of drug-likeness (QED) is 0.526. The molecular formula is C14H11NO5. The van der Waals surface area contributed by atoms with Gasteiger partial charge in [0.2, 0.25) is 0 Å². The maximum Gasteiger partial charge on any atom is 0.279 e. The maximum atomic E-state index is 10.2. The second-order valence-corrected chi connectivity index (χ2v) is 3.65. The van der Waals surface area contributed by atoms with Crippen LogP contribution in [0.15, 0.2) is 48.5 Å². The van der Waals surface area contributed by atoms with Crippen LogP contribution in [0.5, 0.6) is 5.75 Å². The van der Waals surface area contributed by atoms with E-state index >= 15 is 0 Å². The first-order chi connectivity index (χ1) is 9.58. The van der Waals surface area contributed by atoms with Gasteiger partial charge in [0.05, 0.1) is 10.5 Å². The minimum atomic E-state index is -0.580. The molecule has 0 heterocycles. The SMILES string of the molecule is O=Cc1cccc(O)c1.O=Cc1ccccc1[N+](=O)[O-]. The van der Waals surface area contributed by atoms with Crippen molar-refractivity contribution in [2.24, 2.45) is 0 Å². The fourth-order valence-corrected chi connectivity index (χ4v) is 1.35. The van der Waals surface area contributed by atoms with Crippen LogP contribution in [0.1, 0.15) is 20.7 Å². The highest BCUT2D eigenvalue weighted by atomic mass is 16.6. The first kappa shape index (κ1) is 15.0. The summed E-state index contributed by atoms with van der Waals surface area (Å²) in [6.45, 7) is 0. The van der Waals surface area contributed by atoms with E-state index in [0.29, 0.717) is 18.1 Å². The molecule has 0 aliphatic rings. The summed E-state index contributed by atoms with van der Waals surface area (Å²) in [6.07, 6.45) is 1.16. The number of rotatable bonds is 3. The van der Waals surface area contributed by atoms with Crippen LogP contribution >= 0.6 is 0 Å². The number of nitro groups is 1. The molecule has 0 atom stereocenters. The Kier molecular flexibility index (Phi) is 5.58. The minimum absolute atomic E-state index is 0.109. The molecule has 0 unspecified atom stereocenters. The number of carbonyl (C=O) groups is 2. The van der Waals surface area contributed by atoms with E-state index in [9.17, 15) is 19.7 Å². The third-order valence-corrected chi connectivity index (χ3v) is 2.27. The summed E-state index contributed by atoms with van der Waals surface area (Å²) >= 11 is 0. The Hall–Kier alpha value is -3.02. The number of para-hydroxylation sites is 1. The Morgan fingerprint density at radius 1 is 1.00 bits per heavy atom. The lowest BCUT2D eigenvalue weighted by Crippen LogP contribution is -1.92. The van der Waals surface area contributed by atoms with Crippen molar-refractivity contribution in [1.29, 1.82) is 0 Å². The van der Waals surface area contributed by atoms with E-state index in [1.165, 1.54) is 30.3 Å². The molecule has 0 saturated carbocycles. The Morgan fingerprint density at radius 2 is 1.70 bits per heavy atom. The van der Waals surface area contributed by atoms with Crippen molar-refractivity contribution in [3.05, 3.63) is 69.8 Å². The van der Waals surface area contributed by atoms with E-state index in [1.807, 2.05) is 0 Å². The summed E-state index contributed by atoms with van der Waals surface area (Å²) in [5, 5.41) is 19.0. The molecule has 1 N–H and O–H groups in total. The number of benzene rings is 2. The molecule has 0 radical (unpaired) electrons. The average molecular weight is 273 g/mol. The zero-order valence-corrected chi connectivity index (χ0v) is 10.3. The lowest BCUT2D eigenvalue weighted by Gasteiger charge is -1.91. The van der Waals surface area contributed by atoms with E-state index in [-0.39, 0.29) is 17.0 Å². The molecule has 2 aromatic rings. The molecule has 0 aliphatic carbocycles. The van der Waals surface area contributed by atoms with Crippen molar-refractivity contribution in [2.75, 3.05) is 0 Å². The predicted octanol–water partition coefficient (Wildman–Crippen LogP) is 2.61. The van der Waals surface area contributed by atoms with Gasteiger partial charge < -0.3 is 5.11 Å². The number of aromatic hydroxyl groups is 1. The van der Waals surface area contributed by atoms with Crippen molar-refractivity contribution in [3.63, 3.8) is 0 Å². The summed E-state index contributed by atoms with van der Waals surface area (Å²) in [4.78, 5) is 29.9. The third kappa shape index (κ3) is 4.34. The standard InChI is InChI=1S/C7H5NO3.C7H6O2/c9-5-6-3-1-2-4-7(6)8(10)11;8-5-6-2-1-3-7(9)4-6/h1-5H;1-5,9H. The summed E-state index contributed by atoms with van der Waals surface area (Å²) in [7, 11) is 0. The molecule has 6 nitrogen and oxygen atoms in total. The Bertz CT molecular complexity index is 624. The second-order valence-electron chi connectivity index (χ2n) is 3.65. The summed E-state index contributed by atoms with van der Waals surface area (Å²) in [5.74, 6) is 0.125. The molecule has 20 heavy (non-hydrogen) atoms. The lowest BCUT2D eigenvalue weighted by molar-refractivity contribution is -0.385. The van der Waals surface area contributed by atoms with Gasteiger partial charge in [0, 0.05) is 11.6 Å². The highest BCUT2D eigenvalue weighted by molar-refractivity contribution is 5.81. The molecule has 0 saturated heterocycles. The monoisotopic (exact) mass is 273 g/mol. The molecule has 0 amide bonds. The Labute approximate surface area is 114 Å². The van der Waals surface area contributed by atoms with Crippen molar-refractivity contribution in [1.82, 2.24) is 0 Å². The number of nitro benzene ring substituents is 1. The van der Waals surface area contributed by atoms with Crippen molar-refractivity contribution >= 4 is 18.3 Å². The number of hydrogen-bond donors (Lipinski definition) is 1. The molecule has 0 fully saturated rings. The summed E-state index contributed by atoms with van der Waals surface area (Å²) < 4.78 is 0. The Morgan fingerprint density at radius 3 is 2.15 bits per heavy atom. The van der Waals surface area contributed by atoms with Gasteiger partial charge in [0.25, 0.3) is 5.69 Å². The van der Waals surface area contributed by atoms with Gasteiger partial charge in [-0.3, -0.25) is 19.7 Å². The zero-order valence-electron chi connectivity index (χ0n) is 10.3. The highest BCUT2D eigenvalue weighted by Gasteiger charge is 2.09. The fourth-order valence-electron chi connectivity index (χ4n) is 1.35. The normalized spacial score (nSPS) is 9.00. The summed E-state index contributed by atoms with van der Waals surface area (Å²) in [5.41, 5.74) is 0.454. The molecule has 0 spiro atoms. The van der Waals surface area contributed by atoms with Gasteiger partial charge in [-0.2, -0.15) is 0 Å². The molecule has 102 valence electrons. The molecule has 0 aliphatic heterocycles. The topological polar surface area (TPSA) is 97.5 Å². The van der Waals surface area contributed by atoms with Crippen LogP contribution in [-0.2, 0) is 0 Å². The Balaban J connectivity index is 0.000000204. The van der Waals surface area contributed by atoms with Crippen LogP contribution < -0.4 is 0 Å². The fraction of sp³-hybridized carbons (Fsp3) is 0.